The summed E-state index contributed by atoms with van der Waals surface area (Å²) >= 11 is 0. The molecule has 0 unspecified atom stereocenters. The highest BCUT2D eigenvalue weighted by Gasteiger charge is 2.32. The second-order valence-electron chi connectivity index (χ2n) is 9.41. The minimum Gasteiger partial charge on any atom is -0.508 e. The zero-order chi connectivity index (χ0) is 25.9. The van der Waals surface area contributed by atoms with Gasteiger partial charge in [-0.3, -0.25) is 14.5 Å². The van der Waals surface area contributed by atoms with Crippen molar-refractivity contribution in [1.82, 2.24) is 19.7 Å². The van der Waals surface area contributed by atoms with Crippen molar-refractivity contribution < 1.29 is 19.7 Å². The standard InChI is InChI=1S/C29H30N4O4/c1-19(2)24-8-3-20(17-25(24)35)18-37-23-6-4-21(5-7-23)26-27(22-9-11-30-12-10-22)31-33-14-13-32(15-16-34)29(36)28(26)33/h3-12,17,19,34-35H,13-16,18H2,1-2H3. The molecule has 4 aromatic rings. The summed E-state index contributed by atoms with van der Waals surface area (Å²) in [6, 6.07) is 17.0. The topological polar surface area (TPSA) is 101 Å². The molecule has 8 heteroatoms. The Morgan fingerprint density at radius 3 is 2.43 bits per heavy atom. The molecule has 37 heavy (non-hydrogen) atoms. The molecule has 0 fully saturated rings. The van der Waals surface area contributed by atoms with Gasteiger partial charge in [-0.1, -0.05) is 38.1 Å². The minimum atomic E-state index is -0.145. The van der Waals surface area contributed by atoms with Crippen LogP contribution in [0, 0.1) is 0 Å². The van der Waals surface area contributed by atoms with Gasteiger partial charge < -0.3 is 19.8 Å². The maximum absolute atomic E-state index is 13.4. The van der Waals surface area contributed by atoms with Gasteiger partial charge in [0.25, 0.3) is 5.91 Å². The number of pyridine rings is 1. The SMILES string of the molecule is CC(C)c1ccc(COc2ccc(-c3c(-c4ccncc4)nn4c3C(=O)N(CCO)CC4)cc2)cc1O. The van der Waals surface area contributed by atoms with E-state index in [0.717, 1.165) is 27.8 Å². The lowest BCUT2D eigenvalue weighted by Gasteiger charge is -2.27. The second-order valence-corrected chi connectivity index (χ2v) is 9.41. The largest absolute Gasteiger partial charge is 0.508 e. The smallest absolute Gasteiger partial charge is 0.272 e. The Balaban J connectivity index is 1.44. The molecule has 0 saturated carbocycles. The van der Waals surface area contributed by atoms with Crippen LogP contribution in [0.1, 0.15) is 41.4 Å². The van der Waals surface area contributed by atoms with Crippen LogP contribution in [0.4, 0.5) is 0 Å². The molecule has 8 nitrogen and oxygen atoms in total. The van der Waals surface area contributed by atoms with Gasteiger partial charge in [0.2, 0.25) is 0 Å². The van der Waals surface area contributed by atoms with Gasteiger partial charge in [0.05, 0.1) is 13.2 Å². The Morgan fingerprint density at radius 2 is 1.76 bits per heavy atom. The average molecular weight is 499 g/mol. The molecule has 1 amide bonds. The van der Waals surface area contributed by atoms with Gasteiger partial charge in [-0.05, 0) is 52.9 Å². The lowest BCUT2D eigenvalue weighted by Crippen LogP contribution is -2.42. The van der Waals surface area contributed by atoms with Crippen LogP contribution in [0.2, 0.25) is 0 Å². The summed E-state index contributed by atoms with van der Waals surface area (Å²) in [5.41, 5.74) is 5.49. The number of aliphatic hydroxyl groups is 1. The van der Waals surface area contributed by atoms with Crippen molar-refractivity contribution in [2.24, 2.45) is 0 Å². The number of benzene rings is 2. The summed E-state index contributed by atoms with van der Waals surface area (Å²) in [7, 11) is 0. The van der Waals surface area contributed by atoms with Crippen LogP contribution < -0.4 is 4.74 Å². The number of carbonyl (C=O) groups is 1. The van der Waals surface area contributed by atoms with E-state index in [2.05, 4.69) is 4.98 Å². The zero-order valence-electron chi connectivity index (χ0n) is 21.0. The number of ether oxygens (including phenoxy) is 1. The molecule has 3 heterocycles. The molecule has 2 aromatic carbocycles. The lowest BCUT2D eigenvalue weighted by molar-refractivity contribution is 0.0662. The summed E-state index contributed by atoms with van der Waals surface area (Å²) in [5.74, 6) is 1.06. The Hall–Kier alpha value is -4.17. The number of fused-ring (bicyclic) bond motifs is 1. The first kappa shape index (κ1) is 24.5. The Morgan fingerprint density at radius 1 is 1.00 bits per heavy atom. The van der Waals surface area contributed by atoms with Gasteiger partial charge >= 0.3 is 0 Å². The second kappa shape index (κ2) is 10.4. The monoisotopic (exact) mass is 498 g/mol. The number of nitrogens with zero attached hydrogens (tertiary/aromatic N) is 4. The number of phenolic OH excluding ortho intramolecular Hbond substituents is 1. The molecule has 190 valence electrons. The van der Waals surface area contributed by atoms with E-state index in [1.165, 1.54) is 0 Å². The molecule has 0 saturated heterocycles. The van der Waals surface area contributed by atoms with Gasteiger partial charge in [0.1, 0.15) is 29.5 Å². The first-order valence-electron chi connectivity index (χ1n) is 12.4. The van der Waals surface area contributed by atoms with E-state index in [-0.39, 0.29) is 30.7 Å². The Bertz CT molecular complexity index is 1400. The number of hydrogen-bond acceptors (Lipinski definition) is 6. The lowest BCUT2D eigenvalue weighted by atomic mass is 9.98. The predicted octanol–water partition coefficient (Wildman–Crippen LogP) is 4.47. The van der Waals surface area contributed by atoms with Crippen LogP contribution in [-0.2, 0) is 13.2 Å². The van der Waals surface area contributed by atoms with Crippen LogP contribution in [0.15, 0.2) is 67.0 Å². The summed E-state index contributed by atoms with van der Waals surface area (Å²) in [6.45, 7) is 5.67. The summed E-state index contributed by atoms with van der Waals surface area (Å²) in [5, 5.41) is 24.5. The van der Waals surface area contributed by atoms with Crippen molar-refractivity contribution >= 4 is 5.91 Å². The van der Waals surface area contributed by atoms with E-state index in [0.29, 0.717) is 36.8 Å². The number of phenols is 1. The first-order valence-corrected chi connectivity index (χ1v) is 12.4. The van der Waals surface area contributed by atoms with Crippen LogP contribution in [0.25, 0.3) is 22.4 Å². The normalized spacial score (nSPS) is 13.2. The highest BCUT2D eigenvalue weighted by Crippen LogP contribution is 2.37. The van der Waals surface area contributed by atoms with E-state index < -0.39 is 0 Å². The number of aliphatic hydroxyl groups excluding tert-OH is 1. The maximum atomic E-state index is 13.4. The highest BCUT2D eigenvalue weighted by atomic mass is 16.5. The molecule has 2 N–H and O–H groups in total. The molecule has 1 aliphatic rings. The third-order valence-corrected chi connectivity index (χ3v) is 6.61. The number of rotatable bonds is 8. The molecule has 0 radical (unpaired) electrons. The van der Waals surface area contributed by atoms with E-state index in [4.69, 9.17) is 9.84 Å². The van der Waals surface area contributed by atoms with Crippen LogP contribution in [0.3, 0.4) is 0 Å². The number of aromatic nitrogens is 3. The van der Waals surface area contributed by atoms with Crippen molar-refractivity contribution in [3.8, 4) is 33.9 Å². The van der Waals surface area contributed by atoms with Crippen LogP contribution in [-0.4, -0.2) is 55.5 Å². The van der Waals surface area contributed by atoms with Gasteiger partial charge in [0, 0.05) is 36.6 Å². The van der Waals surface area contributed by atoms with Gasteiger partial charge in [-0.15, -0.1) is 0 Å². The van der Waals surface area contributed by atoms with Crippen molar-refractivity contribution in [3.63, 3.8) is 0 Å². The third kappa shape index (κ3) is 4.93. The molecular formula is C29H30N4O4. The molecule has 1 aliphatic heterocycles. The quantitative estimate of drug-likeness (QED) is 0.372. The van der Waals surface area contributed by atoms with Crippen molar-refractivity contribution in [1.29, 1.82) is 0 Å². The molecule has 0 bridgehead atoms. The summed E-state index contributed by atoms with van der Waals surface area (Å²) < 4.78 is 7.74. The molecule has 0 atom stereocenters. The molecule has 0 spiro atoms. The number of carbonyl (C=O) groups excluding carboxylic acids is 1. The first-order chi connectivity index (χ1) is 18.0. The van der Waals surface area contributed by atoms with E-state index in [9.17, 15) is 15.0 Å². The zero-order valence-corrected chi connectivity index (χ0v) is 21.0. The number of amides is 1. The van der Waals surface area contributed by atoms with Gasteiger partial charge in [0.15, 0.2) is 0 Å². The van der Waals surface area contributed by atoms with E-state index in [1.54, 1.807) is 28.0 Å². The summed E-state index contributed by atoms with van der Waals surface area (Å²) in [6.07, 6.45) is 3.42. The van der Waals surface area contributed by atoms with Crippen LogP contribution in [0.5, 0.6) is 11.5 Å². The van der Waals surface area contributed by atoms with Crippen molar-refractivity contribution in [3.05, 3.63) is 83.8 Å². The fraction of sp³-hybridized carbons (Fsp3) is 0.276. The molecule has 2 aromatic heterocycles. The minimum absolute atomic E-state index is 0.0869. The Kier molecular flexibility index (Phi) is 6.92. The number of β-amino-alcohol motifs (C(OH)–C–C–N with tert-alkyl or cyclic N) is 1. The van der Waals surface area contributed by atoms with Crippen molar-refractivity contribution in [2.75, 3.05) is 19.7 Å². The maximum Gasteiger partial charge on any atom is 0.272 e. The van der Waals surface area contributed by atoms with Gasteiger partial charge in [-0.2, -0.15) is 5.10 Å². The van der Waals surface area contributed by atoms with Crippen molar-refractivity contribution in [2.45, 2.75) is 32.9 Å². The molecular weight excluding hydrogens is 468 g/mol. The molecule has 0 aliphatic carbocycles. The van der Waals surface area contributed by atoms with Gasteiger partial charge in [-0.25, -0.2) is 0 Å². The van der Waals surface area contributed by atoms with E-state index >= 15 is 0 Å². The van der Waals surface area contributed by atoms with Crippen LogP contribution >= 0.6 is 0 Å². The molecule has 5 rings (SSSR count). The average Bonchev–Trinajstić information content (AvgIpc) is 3.30. The highest BCUT2D eigenvalue weighted by molar-refractivity contribution is 6.03. The Labute approximate surface area is 215 Å². The number of hydrogen-bond donors (Lipinski definition) is 2. The fourth-order valence-electron chi connectivity index (χ4n) is 4.68. The van der Waals surface area contributed by atoms with E-state index in [1.807, 2.05) is 62.4 Å². The number of aromatic hydroxyl groups is 1. The fourth-order valence-corrected chi connectivity index (χ4v) is 4.68. The predicted molar refractivity (Wildman–Crippen MR) is 140 cm³/mol. The summed E-state index contributed by atoms with van der Waals surface area (Å²) in [4.78, 5) is 19.1. The third-order valence-electron chi connectivity index (χ3n) is 6.61.